The first-order valence-electron chi connectivity index (χ1n) is 7.81. The molecule has 3 rings (SSSR count). The van der Waals surface area contributed by atoms with Gasteiger partial charge in [0.05, 0.1) is 31.5 Å². The molecule has 1 aromatic heterocycles. The second-order valence-corrected chi connectivity index (χ2v) is 6.67. The number of ether oxygens (including phenoxy) is 2. The van der Waals surface area contributed by atoms with Gasteiger partial charge in [0.1, 0.15) is 17.2 Å². The highest BCUT2D eigenvalue weighted by Crippen LogP contribution is 2.28. The van der Waals surface area contributed by atoms with E-state index in [0.717, 1.165) is 33.8 Å². The number of rotatable bonds is 5. The Bertz CT molecular complexity index is 769. The van der Waals surface area contributed by atoms with Crippen molar-refractivity contribution in [2.24, 2.45) is 10.9 Å². The van der Waals surface area contributed by atoms with E-state index in [2.05, 4.69) is 30.2 Å². The summed E-state index contributed by atoms with van der Waals surface area (Å²) in [5.41, 5.74) is 2.46. The molecule has 0 saturated carbocycles. The number of methoxy groups -OCH3 is 2. The Balaban J connectivity index is 1.99. The normalized spacial score (nSPS) is 19.6. The number of thiazole rings is 1. The molecule has 0 aromatic carbocycles. The summed E-state index contributed by atoms with van der Waals surface area (Å²) in [5.74, 6) is 1.63. The molecule has 0 saturated heterocycles. The zero-order chi connectivity index (χ0) is 17.1. The van der Waals surface area contributed by atoms with Crippen LogP contribution in [0.25, 0.3) is 0 Å². The van der Waals surface area contributed by atoms with Crippen LogP contribution in [0, 0.1) is 5.92 Å². The number of aliphatic imine (C=N–C) groups is 1. The lowest BCUT2D eigenvalue weighted by atomic mass is 10.1. The van der Waals surface area contributed by atoms with Crippen LogP contribution in [0.15, 0.2) is 58.0 Å². The molecule has 6 heteroatoms. The molecular formula is C18H21N3O2S. The van der Waals surface area contributed by atoms with E-state index in [9.17, 15) is 0 Å². The Morgan fingerprint density at radius 1 is 1.21 bits per heavy atom. The van der Waals surface area contributed by atoms with E-state index < -0.39 is 0 Å². The summed E-state index contributed by atoms with van der Waals surface area (Å²) in [6.07, 6.45) is 9.92. The van der Waals surface area contributed by atoms with Gasteiger partial charge in [-0.2, -0.15) is 0 Å². The molecule has 0 spiro atoms. The minimum atomic E-state index is 0.0297. The van der Waals surface area contributed by atoms with Gasteiger partial charge in [-0.25, -0.2) is 9.98 Å². The Morgan fingerprint density at radius 3 is 2.75 bits per heavy atom. The Morgan fingerprint density at radius 2 is 2.04 bits per heavy atom. The Hall–Kier alpha value is -2.34. The number of hydrogen-bond acceptors (Lipinski definition) is 6. The molecule has 2 bridgehead atoms. The predicted molar refractivity (Wildman–Crippen MR) is 98.3 cm³/mol. The quantitative estimate of drug-likeness (QED) is 0.881. The molecule has 1 atom stereocenters. The minimum Gasteiger partial charge on any atom is -0.500 e. The van der Waals surface area contributed by atoms with Crippen LogP contribution in [0.3, 0.4) is 0 Å². The number of allylic oxidation sites excluding steroid dienone is 4. The molecule has 0 radical (unpaired) electrons. The average molecular weight is 343 g/mol. The van der Waals surface area contributed by atoms with Crippen LogP contribution in [0.2, 0.25) is 0 Å². The van der Waals surface area contributed by atoms with Gasteiger partial charge in [0.25, 0.3) is 0 Å². The Labute approximate surface area is 146 Å². The standard InChI is InChI=1S/C18H21N3O2S/c1-11(2)19-18-21-16(10-24-18)15-9-17(23-4)12-5-6-14(22-3)8-13(7-12)20-15/h5-12H,1-4H3,(H,19,21). The lowest BCUT2D eigenvalue weighted by molar-refractivity contribution is 0.269. The van der Waals surface area contributed by atoms with Crippen molar-refractivity contribution >= 4 is 22.2 Å². The number of nitrogens with one attached hydrogen (secondary N) is 1. The zero-order valence-corrected chi connectivity index (χ0v) is 15.1. The lowest BCUT2D eigenvalue weighted by Crippen LogP contribution is -2.10. The van der Waals surface area contributed by atoms with E-state index in [4.69, 9.17) is 14.5 Å². The topological polar surface area (TPSA) is 55.7 Å². The van der Waals surface area contributed by atoms with E-state index in [0.29, 0.717) is 6.04 Å². The van der Waals surface area contributed by atoms with Crippen LogP contribution < -0.4 is 5.32 Å². The van der Waals surface area contributed by atoms with Crippen LogP contribution in [-0.4, -0.2) is 31.0 Å². The third kappa shape index (κ3) is 3.59. The van der Waals surface area contributed by atoms with Crippen molar-refractivity contribution in [1.29, 1.82) is 0 Å². The van der Waals surface area contributed by atoms with Crippen LogP contribution in [-0.2, 0) is 9.47 Å². The van der Waals surface area contributed by atoms with Crippen LogP contribution in [0.1, 0.15) is 19.5 Å². The monoisotopic (exact) mass is 343 g/mol. The fourth-order valence-electron chi connectivity index (χ4n) is 2.49. The van der Waals surface area contributed by atoms with Crippen molar-refractivity contribution in [1.82, 2.24) is 4.98 Å². The maximum Gasteiger partial charge on any atom is 0.183 e. The fourth-order valence-corrected chi connectivity index (χ4v) is 3.34. The molecule has 2 aliphatic rings. The summed E-state index contributed by atoms with van der Waals surface area (Å²) in [6, 6.07) is 0.341. The second kappa shape index (κ2) is 7.05. The number of hydrogen-bond donors (Lipinski definition) is 1. The van der Waals surface area contributed by atoms with Crippen LogP contribution in [0.4, 0.5) is 5.13 Å². The van der Waals surface area contributed by atoms with Gasteiger partial charge in [0.15, 0.2) is 5.13 Å². The summed E-state index contributed by atoms with van der Waals surface area (Å²) in [4.78, 5) is 9.40. The highest BCUT2D eigenvalue weighted by molar-refractivity contribution is 7.13. The van der Waals surface area contributed by atoms with Crippen molar-refractivity contribution in [3.63, 3.8) is 0 Å². The maximum atomic E-state index is 5.58. The van der Waals surface area contributed by atoms with Crippen molar-refractivity contribution in [3.8, 4) is 0 Å². The number of nitrogens with zero attached hydrogens (tertiary/aromatic N) is 2. The molecule has 1 unspecified atom stereocenters. The van der Waals surface area contributed by atoms with E-state index in [-0.39, 0.29) is 5.92 Å². The predicted octanol–water partition coefficient (Wildman–Crippen LogP) is 3.90. The lowest BCUT2D eigenvalue weighted by Gasteiger charge is -2.10. The molecule has 0 amide bonds. The van der Waals surface area contributed by atoms with Gasteiger partial charge in [0.2, 0.25) is 0 Å². The average Bonchev–Trinajstić information content (AvgIpc) is 2.81. The largest absolute Gasteiger partial charge is 0.500 e. The summed E-state index contributed by atoms with van der Waals surface area (Å²) < 4.78 is 10.9. The molecule has 1 aliphatic carbocycles. The first-order valence-corrected chi connectivity index (χ1v) is 8.69. The SMILES string of the molecule is COC1=CC2=CC(C=C1)C(OC)=CC(c1csc(NC(C)C)n1)=N2. The third-order valence-electron chi connectivity index (χ3n) is 3.62. The van der Waals surface area contributed by atoms with E-state index >= 15 is 0 Å². The van der Waals surface area contributed by atoms with Crippen LogP contribution in [0.5, 0.6) is 0 Å². The van der Waals surface area contributed by atoms with E-state index in [1.165, 1.54) is 0 Å². The smallest absolute Gasteiger partial charge is 0.183 e. The Kier molecular flexibility index (Phi) is 4.85. The van der Waals surface area contributed by atoms with Gasteiger partial charge in [-0.1, -0.05) is 6.08 Å². The summed E-state index contributed by atoms with van der Waals surface area (Å²) in [5, 5.41) is 6.22. The minimum absolute atomic E-state index is 0.0297. The molecule has 126 valence electrons. The van der Waals surface area contributed by atoms with Crippen molar-refractivity contribution in [2.45, 2.75) is 19.9 Å². The first kappa shape index (κ1) is 16.5. The molecule has 1 aromatic rings. The molecule has 1 aliphatic heterocycles. The van der Waals surface area contributed by atoms with Crippen molar-refractivity contribution in [3.05, 3.63) is 58.7 Å². The van der Waals surface area contributed by atoms with E-state index in [1.54, 1.807) is 25.6 Å². The highest BCUT2D eigenvalue weighted by Gasteiger charge is 2.20. The fraction of sp³-hybridized carbons (Fsp3) is 0.333. The molecule has 1 N–H and O–H groups in total. The molecule has 5 nitrogen and oxygen atoms in total. The van der Waals surface area contributed by atoms with Crippen molar-refractivity contribution < 1.29 is 9.47 Å². The summed E-state index contributed by atoms with van der Waals surface area (Å²) >= 11 is 1.57. The first-order chi connectivity index (χ1) is 11.6. The zero-order valence-electron chi connectivity index (χ0n) is 14.2. The molecule has 24 heavy (non-hydrogen) atoms. The van der Waals surface area contributed by atoms with Crippen molar-refractivity contribution in [2.75, 3.05) is 19.5 Å². The number of aromatic nitrogens is 1. The van der Waals surface area contributed by atoms with E-state index in [1.807, 2.05) is 29.7 Å². The highest BCUT2D eigenvalue weighted by atomic mass is 32.1. The summed E-state index contributed by atoms with van der Waals surface area (Å²) in [7, 11) is 3.33. The van der Waals surface area contributed by atoms with Gasteiger partial charge in [-0.15, -0.1) is 11.3 Å². The molecule has 2 heterocycles. The van der Waals surface area contributed by atoms with Gasteiger partial charge in [0, 0.05) is 23.6 Å². The van der Waals surface area contributed by atoms with Gasteiger partial charge < -0.3 is 14.8 Å². The second-order valence-electron chi connectivity index (χ2n) is 5.81. The molecular weight excluding hydrogens is 322 g/mol. The number of anilines is 1. The van der Waals surface area contributed by atoms with Gasteiger partial charge in [-0.05, 0) is 26.0 Å². The maximum absolute atomic E-state index is 5.58. The van der Waals surface area contributed by atoms with Gasteiger partial charge in [-0.3, -0.25) is 0 Å². The van der Waals surface area contributed by atoms with Crippen LogP contribution >= 0.6 is 11.3 Å². The number of fused-ring (bicyclic) bond motifs is 1. The summed E-state index contributed by atoms with van der Waals surface area (Å²) in [6.45, 7) is 4.18. The molecule has 0 fully saturated rings. The van der Waals surface area contributed by atoms with Gasteiger partial charge >= 0.3 is 0 Å². The third-order valence-corrected chi connectivity index (χ3v) is 4.39.